The number of likely N-dealkylation sites (N-methyl/N-ethyl adjacent to an activating group) is 1. The maximum atomic E-state index is 9.47. The first-order valence-corrected chi connectivity index (χ1v) is 6.10. The van der Waals surface area contributed by atoms with Crippen LogP contribution >= 0.6 is 0 Å². The van der Waals surface area contributed by atoms with Crippen molar-refractivity contribution in [3.63, 3.8) is 0 Å². The molecule has 0 aliphatic rings. The fraction of sp³-hybridized carbons (Fsp3) is 0.615. The van der Waals surface area contributed by atoms with Crippen molar-refractivity contribution < 1.29 is 5.11 Å². The molecule has 4 heteroatoms. The Balaban J connectivity index is 2.88. The predicted octanol–water partition coefficient (Wildman–Crippen LogP) is 1.17. The number of nitrogens with two attached hydrogens (primary N) is 1. The number of rotatable bonds is 6. The molecule has 0 fully saturated rings. The summed E-state index contributed by atoms with van der Waals surface area (Å²) in [5.41, 5.74) is 7.28. The highest BCUT2D eigenvalue weighted by Crippen LogP contribution is 2.23. The van der Waals surface area contributed by atoms with E-state index in [4.69, 9.17) is 5.73 Å². The molecule has 3 atom stereocenters. The second-order valence-corrected chi connectivity index (χ2v) is 4.59. The van der Waals surface area contributed by atoms with Crippen molar-refractivity contribution in [3.05, 3.63) is 30.1 Å². The molecule has 96 valence electrons. The molecule has 0 bridgehead atoms. The number of hydrogen-bond donors (Lipinski definition) is 2. The van der Waals surface area contributed by atoms with E-state index in [0.717, 1.165) is 12.0 Å². The van der Waals surface area contributed by atoms with Gasteiger partial charge in [-0.2, -0.15) is 0 Å². The van der Waals surface area contributed by atoms with Crippen LogP contribution in [0.2, 0.25) is 0 Å². The molecule has 0 aliphatic carbocycles. The quantitative estimate of drug-likeness (QED) is 0.779. The van der Waals surface area contributed by atoms with Gasteiger partial charge in [0.15, 0.2) is 0 Å². The van der Waals surface area contributed by atoms with Gasteiger partial charge in [-0.15, -0.1) is 0 Å². The highest BCUT2D eigenvalue weighted by Gasteiger charge is 2.23. The fourth-order valence-electron chi connectivity index (χ4n) is 2.13. The summed E-state index contributed by atoms with van der Waals surface area (Å²) in [5, 5.41) is 9.47. The lowest BCUT2D eigenvalue weighted by atomic mass is 9.98. The van der Waals surface area contributed by atoms with Gasteiger partial charge in [0.2, 0.25) is 0 Å². The summed E-state index contributed by atoms with van der Waals surface area (Å²) >= 11 is 0. The third kappa shape index (κ3) is 4.07. The number of nitrogens with zero attached hydrogens (tertiary/aromatic N) is 2. The molecule has 0 amide bonds. The molecule has 0 saturated heterocycles. The summed E-state index contributed by atoms with van der Waals surface area (Å²) in [5.74, 6) is 0. The van der Waals surface area contributed by atoms with Gasteiger partial charge in [0.1, 0.15) is 0 Å². The summed E-state index contributed by atoms with van der Waals surface area (Å²) in [6.45, 7) is 4.46. The first-order chi connectivity index (χ1) is 8.06. The van der Waals surface area contributed by atoms with Crippen LogP contribution in [-0.4, -0.2) is 40.7 Å². The summed E-state index contributed by atoms with van der Waals surface area (Å²) in [4.78, 5) is 6.23. The standard InChI is InChI=1S/C13H23N3O/c1-4-12(14)13(16(3)9-10(2)17)11-6-5-7-15-8-11/h5-8,10,12-13,17H,4,9,14H2,1-3H3. The molecule has 17 heavy (non-hydrogen) atoms. The molecule has 0 aliphatic heterocycles. The second-order valence-electron chi connectivity index (χ2n) is 4.59. The van der Waals surface area contributed by atoms with Gasteiger partial charge in [0.25, 0.3) is 0 Å². The first kappa shape index (κ1) is 14.1. The molecule has 0 spiro atoms. The van der Waals surface area contributed by atoms with Crippen LogP contribution in [-0.2, 0) is 0 Å². The van der Waals surface area contributed by atoms with E-state index in [1.54, 1.807) is 13.1 Å². The molecule has 1 aromatic heterocycles. The van der Waals surface area contributed by atoms with E-state index in [9.17, 15) is 5.11 Å². The van der Waals surface area contributed by atoms with Crippen LogP contribution in [0.25, 0.3) is 0 Å². The zero-order valence-corrected chi connectivity index (χ0v) is 10.9. The molecule has 1 aromatic rings. The minimum atomic E-state index is -0.358. The molecular weight excluding hydrogens is 214 g/mol. The van der Waals surface area contributed by atoms with Gasteiger partial charge in [-0.3, -0.25) is 9.88 Å². The van der Waals surface area contributed by atoms with E-state index in [2.05, 4.69) is 16.8 Å². The van der Waals surface area contributed by atoms with Crippen LogP contribution in [0.1, 0.15) is 31.9 Å². The van der Waals surface area contributed by atoms with Gasteiger partial charge in [0, 0.05) is 25.0 Å². The Kier molecular flexibility index (Phi) is 5.55. The minimum absolute atomic E-state index is 0.0444. The Hall–Kier alpha value is -0.970. The first-order valence-electron chi connectivity index (χ1n) is 6.10. The molecule has 0 aromatic carbocycles. The summed E-state index contributed by atoms with van der Waals surface area (Å²) in [6.07, 6.45) is 4.14. The SMILES string of the molecule is CCC(N)C(c1cccnc1)N(C)CC(C)O. The fourth-order valence-corrected chi connectivity index (χ4v) is 2.13. The number of hydrogen-bond acceptors (Lipinski definition) is 4. The lowest BCUT2D eigenvalue weighted by Gasteiger charge is -2.33. The Morgan fingerprint density at radius 2 is 2.24 bits per heavy atom. The lowest BCUT2D eigenvalue weighted by molar-refractivity contribution is 0.107. The molecular formula is C13H23N3O. The summed E-state index contributed by atoms with van der Waals surface area (Å²) in [7, 11) is 1.99. The smallest absolute Gasteiger partial charge is 0.0639 e. The van der Waals surface area contributed by atoms with Crippen molar-refractivity contribution in [2.45, 2.75) is 38.5 Å². The highest BCUT2D eigenvalue weighted by atomic mass is 16.3. The maximum Gasteiger partial charge on any atom is 0.0639 e. The van der Waals surface area contributed by atoms with Crippen molar-refractivity contribution in [1.29, 1.82) is 0 Å². The van der Waals surface area contributed by atoms with Crippen molar-refractivity contribution in [2.75, 3.05) is 13.6 Å². The van der Waals surface area contributed by atoms with Gasteiger partial charge in [-0.25, -0.2) is 0 Å². The summed E-state index contributed by atoms with van der Waals surface area (Å²) in [6, 6.07) is 4.10. The zero-order valence-electron chi connectivity index (χ0n) is 10.9. The van der Waals surface area contributed by atoms with Crippen LogP contribution in [0.3, 0.4) is 0 Å². The maximum absolute atomic E-state index is 9.47. The van der Waals surface area contributed by atoms with Crippen molar-refractivity contribution in [3.8, 4) is 0 Å². The van der Waals surface area contributed by atoms with Gasteiger partial charge in [-0.1, -0.05) is 13.0 Å². The molecule has 0 radical (unpaired) electrons. The van der Waals surface area contributed by atoms with Gasteiger partial charge in [0.05, 0.1) is 12.1 Å². The van der Waals surface area contributed by atoms with E-state index in [1.165, 1.54) is 0 Å². The molecule has 1 rings (SSSR count). The van der Waals surface area contributed by atoms with Crippen LogP contribution in [0, 0.1) is 0 Å². The van der Waals surface area contributed by atoms with Crippen LogP contribution in [0.5, 0.6) is 0 Å². The van der Waals surface area contributed by atoms with E-state index in [0.29, 0.717) is 6.54 Å². The van der Waals surface area contributed by atoms with Crippen LogP contribution in [0.15, 0.2) is 24.5 Å². The van der Waals surface area contributed by atoms with E-state index < -0.39 is 0 Å². The average Bonchev–Trinajstić information content (AvgIpc) is 2.29. The Labute approximate surface area is 103 Å². The largest absolute Gasteiger partial charge is 0.392 e. The normalized spacial score (nSPS) is 16.8. The number of aromatic nitrogens is 1. The van der Waals surface area contributed by atoms with Crippen LogP contribution in [0.4, 0.5) is 0 Å². The second kappa shape index (κ2) is 6.69. The minimum Gasteiger partial charge on any atom is -0.392 e. The van der Waals surface area contributed by atoms with Crippen LogP contribution < -0.4 is 5.73 Å². The van der Waals surface area contributed by atoms with E-state index in [1.807, 2.05) is 25.4 Å². The molecule has 3 unspecified atom stereocenters. The Morgan fingerprint density at radius 3 is 2.71 bits per heavy atom. The zero-order chi connectivity index (χ0) is 12.8. The van der Waals surface area contributed by atoms with E-state index >= 15 is 0 Å². The monoisotopic (exact) mass is 237 g/mol. The molecule has 0 saturated carbocycles. The van der Waals surface area contributed by atoms with Gasteiger partial charge >= 0.3 is 0 Å². The highest BCUT2D eigenvalue weighted by molar-refractivity contribution is 5.16. The molecule has 1 heterocycles. The molecule has 4 nitrogen and oxygen atoms in total. The van der Waals surface area contributed by atoms with Gasteiger partial charge in [-0.05, 0) is 32.0 Å². The number of pyridine rings is 1. The molecule has 3 N–H and O–H groups in total. The average molecular weight is 237 g/mol. The lowest BCUT2D eigenvalue weighted by Crippen LogP contribution is -2.41. The van der Waals surface area contributed by atoms with Crippen molar-refractivity contribution in [1.82, 2.24) is 9.88 Å². The third-order valence-electron chi connectivity index (χ3n) is 2.93. The predicted molar refractivity (Wildman–Crippen MR) is 69.6 cm³/mol. The third-order valence-corrected chi connectivity index (χ3v) is 2.93. The van der Waals surface area contributed by atoms with E-state index in [-0.39, 0.29) is 18.2 Å². The Morgan fingerprint density at radius 1 is 1.53 bits per heavy atom. The topological polar surface area (TPSA) is 62.4 Å². The van der Waals surface area contributed by atoms with Crippen molar-refractivity contribution >= 4 is 0 Å². The summed E-state index contributed by atoms with van der Waals surface area (Å²) < 4.78 is 0. The van der Waals surface area contributed by atoms with Gasteiger partial charge < -0.3 is 10.8 Å². The van der Waals surface area contributed by atoms with Crippen molar-refractivity contribution in [2.24, 2.45) is 5.73 Å². The Bertz CT molecular complexity index is 316. The number of aliphatic hydroxyl groups is 1. The number of aliphatic hydroxyl groups excluding tert-OH is 1.